The minimum Gasteiger partial charge on any atom is -0.389 e. The first-order valence-electron chi connectivity index (χ1n) is 6.26. The SMILES string of the molecule is C=C(CC)CNCC1(O)CCCCCC1. The van der Waals surface area contributed by atoms with Gasteiger partial charge in [-0.2, -0.15) is 0 Å². The topological polar surface area (TPSA) is 32.3 Å². The second-order valence-electron chi connectivity index (χ2n) is 4.85. The summed E-state index contributed by atoms with van der Waals surface area (Å²) in [5, 5.41) is 13.7. The average molecular weight is 211 g/mol. The van der Waals surface area contributed by atoms with Crippen molar-refractivity contribution in [2.75, 3.05) is 13.1 Å². The van der Waals surface area contributed by atoms with E-state index in [1.807, 2.05) is 0 Å². The predicted octanol–water partition coefficient (Wildman–Crippen LogP) is 2.63. The molecule has 0 unspecified atom stereocenters. The zero-order valence-corrected chi connectivity index (χ0v) is 10.0. The molecule has 0 heterocycles. The molecular weight excluding hydrogens is 186 g/mol. The van der Waals surface area contributed by atoms with E-state index in [0.29, 0.717) is 0 Å². The Kier molecular flexibility index (Phi) is 5.34. The smallest absolute Gasteiger partial charge is 0.0771 e. The van der Waals surface area contributed by atoms with Gasteiger partial charge in [-0.15, -0.1) is 0 Å². The van der Waals surface area contributed by atoms with Crippen molar-refractivity contribution in [1.82, 2.24) is 5.32 Å². The van der Waals surface area contributed by atoms with Gasteiger partial charge in [0.05, 0.1) is 5.60 Å². The molecule has 1 rings (SSSR count). The lowest BCUT2D eigenvalue weighted by molar-refractivity contribution is 0.0261. The van der Waals surface area contributed by atoms with Crippen LogP contribution in [-0.4, -0.2) is 23.8 Å². The van der Waals surface area contributed by atoms with Crippen molar-refractivity contribution in [2.45, 2.75) is 57.5 Å². The first-order chi connectivity index (χ1) is 7.16. The van der Waals surface area contributed by atoms with Crippen molar-refractivity contribution >= 4 is 0 Å². The predicted molar refractivity (Wildman–Crippen MR) is 65.0 cm³/mol. The Morgan fingerprint density at radius 3 is 2.40 bits per heavy atom. The molecule has 1 aliphatic rings. The van der Waals surface area contributed by atoms with Crippen LogP contribution in [0.15, 0.2) is 12.2 Å². The third-order valence-corrected chi connectivity index (χ3v) is 3.36. The molecule has 0 aliphatic heterocycles. The van der Waals surface area contributed by atoms with Crippen LogP contribution >= 0.6 is 0 Å². The molecule has 0 aromatic rings. The Hall–Kier alpha value is -0.340. The van der Waals surface area contributed by atoms with Crippen LogP contribution in [0, 0.1) is 0 Å². The number of rotatable bonds is 5. The van der Waals surface area contributed by atoms with E-state index in [0.717, 1.165) is 32.4 Å². The molecule has 88 valence electrons. The fourth-order valence-corrected chi connectivity index (χ4v) is 2.16. The van der Waals surface area contributed by atoms with Gasteiger partial charge in [0.25, 0.3) is 0 Å². The van der Waals surface area contributed by atoms with Crippen LogP contribution < -0.4 is 5.32 Å². The van der Waals surface area contributed by atoms with Crippen LogP contribution in [0.4, 0.5) is 0 Å². The van der Waals surface area contributed by atoms with Crippen molar-refractivity contribution in [3.63, 3.8) is 0 Å². The summed E-state index contributed by atoms with van der Waals surface area (Å²) >= 11 is 0. The van der Waals surface area contributed by atoms with Gasteiger partial charge >= 0.3 is 0 Å². The number of hydrogen-bond donors (Lipinski definition) is 2. The van der Waals surface area contributed by atoms with Gasteiger partial charge in [-0.05, 0) is 19.3 Å². The molecule has 1 fully saturated rings. The maximum atomic E-state index is 10.3. The monoisotopic (exact) mass is 211 g/mol. The minimum absolute atomic E-state index is 0.454. The van der Waals surface area contributed by atoms with E-state index in [1.165, 1.54) is 31.3 Å². The van der Waals surface area contributed by atoms with Gasteiger partial charge in [0.2, 0.25) is 0 Å². The Bertz CT molecular complexity index is 193. The normalized spacial score (nSPS) is 20.9. The standard InChI is InChI=1S/C13H25NO/c1-3-12(2)10-14-11-13(15)8-6-4-5-7-9-13/h14-15H,2-11H2,1H3. The Labute approximate surface area is 93.8 Å². The van der Waals surface area contributed by atoms with Crippen molar-refractivity contribution < 1.29 is 5.11 Å². The zero-order chi connectivity index (χ0) is 11.1. The second-order valence-corrected chi connectivity index (χ2v) is 4.85. The van der Waals surface area contributed by atoms with Crippen molar-refractivity contribution in [1.29, 1.82) is 0 Å². The van der Waals surface area contributed by atoms with Gasteiger partial charge in [-0.3, -0.25) is 0 Å². The van der Waals surface area contributed by atoms with Gasteiger partial charge in [0, 0.05) is 13.1 Å². The number of nitrogens with one attached hydrogen (secondary N) is 1. The van der Waals surface area contributed by atoms with Gasteiger partial charge in [0.1, 0.15) is 0 Å². The second kappa shape index (κ2) is 6.29. The molecule has 0 aromatic carbocycles. The van der Waals surface area contributed by atoms with Crippen molar-refractivity contribution in [2.24, 2.45) is 0 Å². The summed E-state index contributed by atoms with van der Waals surface area (Å²) in [5.41, 5.74) is 0.761. The first kappa shape index (κ1) is 12.7. The minimum atomic E-state index is -0.454. The summed E-state index contributed by atoms with van der Waals surface area (Å²) in [6, 6.07) is 0. The molecule has 2 nitrogen and oxygen atoms in total. The fourth-order valence-electron chi connectivity index (χ4n) is 2.16. The van der Waals surface area contributed by atoms with Crippen LogP contribution in [0.5, 0.6) is 0 Å². The molecule has 2 N–H and O–H groups in total. The molecule has 2 heteroatoms. The van der Waals surface area contributed by atoms with E-state index in [-0.39, 0.29) is 0 Å². The molecule has 0 spiro atoms. The largest absolute Gasteiger partial charge is 0.389 e. The average Bonchev–Trinajstić information content (AvgIpc) is 2.43. The van der Waals surface area contributed by atoms with Crippen LogP contribution in [0.25, 0.3) is 0 Å². The van der Waals surface area contributed by atoms with E-state index in [1.54, 1.807) is 0 Å². The molecule has 0 saturated heterocycles. The van der Waals surface area contributed by atoms with Crippen LogP contribution in [0.3, 0.4) is 0 Å². The van der Waals surface area contributed by atoms with Crippen LogP contribution in [0.2, 0.25) is 0 Å². The summed E-state index contributed by atoms with van der Waals surface area (Å²) < 4.78 is 0. The maximum absolute atomic E-state index is 10.3. The van der Waals surface area contributed by atoms with Gasteiger partial charge < -0.3 is 10.4 Å². The molecule has 1 aliphatic carbocycles. The highest BCUT2D eigenvalue weighted by Gasteiger charge is 2.27. The molecule has 0 bridgehead atoms. The van der Waals surface area contributed by atoms with E-state index in [4.69, 9.17) is 0 Å². The molecule has 0 amide bonds. The van der Waals surface area contributed by atoms with Gasteiger partial charge in [0.15, 0.2) is 0 Å². The maximum Gasteiger partial charge on any atom is 0.0771 e. The quantitative estimate of drug-likeness (QED) is 0.541. The van der Waals surface area contributed by atoms with Gasteiger partial charge in [-0.25, -0.2) is 0 Å². The van der Waals surface area contributed by atoms with E-state index in [9.17, 15) is 5.11 Å². The molecule has 15 heavy (non-hydrogen) atoms. The third-order valence-electron chi connectivity index (χ3n) is 3.36. The summed E-state index contributed by atoms with van der Waals surface area (Å²) in [7, 11) is 0. The highest BCUT2D eigenvalue weighted by Crippen LogP contribution is 2.26. The van der Waals surface area contributed by atoms with Gasteiger partial charge in [-0.1, -0.05) is 44.8 Å². The lowest BCUT2D eigenvalue weighted by Crippen LogP contribution is -2.40. The van der Waals surface area contributed by atoms with Crippen molar-refractivity contribution in [3.8, 4) is 0 Å². The summed E-state index contributed by atoms with van der Waals surface area (Å²) in [5.74, 6) is 0. The highest BCUT2D eigenvalue weighted by atomic mass is 16.3. The van der Waals surface area contributed by atoms with Crippen LogP contribution in [-0.2, 0) is 0 Å². The molecule has 0 radical (unpaired) electrons. The molecular formula is C13H25NO. The third kappa shape index (κ3) is 4.80. The number of hydrogen-bond acceptors (Lipinski definition) is 2. The summed E-state index contributed by atoms with van der Waals surface area (Å²) in [6.45, 7) is 7.64. The van der Waals surface area contributed by atoms with Crippen LogP contribution in [0.1, 0.15) is 51.9 Å². The molecule has 0 atom stereocenters. The Balaban J connectivity index is 2.25. The van der Waals surface area contributed by atoms with E-state index in [2.05, 4.69) is 18.8 Å². The molecule has 1 saturated carbocycles. The first-order valence-corrected chi connectivity index (χ1v) is 6.26. The van der Waals surface area contributed by atoms with Crippen molar-refractivity contribution in [3.05, 3.63) is 12.2 Å². The van der Waals surface area contributed by atoms with E-state index < -0.39 is 5.60 Å². The Morgan fingerprint density at radius 2 is 1.87 bits per heavy atom. The fraction of sp³-hybridized carbons (Fsp3) is 0.846. The summed E-state index contributed by atoms with van der Waals surface area (Å²) in [6.07, 6.45) is 7.84. The lowest BCUT2D eigenvalue weighted by Gasteiger charge is -2.27. The lowest BCUT2D eigenvalue weighted by atomic mass is 9.94. The van der Waals surface area contributed by atoms with E-state index >= 15 is 0 Å². The highest BCUT2D eigenvalue weighted by molar-refractivity contribution is 4.96. The Morgan fingerprint density at radius 1 is 1.27 bits per heavy atom. The number of aliphatic hydroxyl groups is 1. The molecule has 0 aromatic heterocycles. The summed E-state index contributed by atoms with van der Waals surface area (Å²) in [4.78, 5) is 0. The zero-order valence-electron chi connectivity index (χ0n) is 10.0.